The highest BCUT2D eigenvalue weighted by atomic mass is 32.1. The van der Waals surface area contributed by atoms with Gasteiger partial charge in [0, 0.05) is 24.9 Å². The number of aromatic nitrogens is 1. The van der Waals surface area contributed by atoms with Crippen LogP contribution in [0.3, 0.4) is 0 Å². The van der Waals surface area contributed by atoms with Gasteiger partial charge < -0.3 is 15.7 Å². The van der Waals surface area contributed by atoms with Crippen molar-refractivity contribution in [3.63, 3.8) is 0 Å². The molecular formula is C15H17F2N3O2S. The maximum atomic E-state index is 13.1. The molecule has 2 amide bonds. The van der Waals surface area contributed by atoms with Crippen molar-refractivity contribution < 1.29 is 18.7 Å². The summed E-state index contributed by atoms with van der Waals surface area (Å²) in [6.07, 6.45) is -0.499. The van der Waals surface area contributed by atoms with Crippen LogP contribution in [0.15, 0.2) is 23.6 Å². The molecule has 5 nitrogen and oxygen atoms in total. The monoisotopic (exact) mass is 341 g/mol. The number of amides is 2. The van der Waals surface area contributed by atoms with Gasteiger partial charge in [0.15, 0.2) is 11.6 Å². The van der Waals surface area contributed by atoms with Gasteiger partial charge >= 0.3 is 6.03 Å². The first-order valence-corrected chi connectivity index (χ1v) is 7.89. The number of urea groups is 1. The highest BCUT2D eigenvalue weighted by molar-refractivity contribution is 7.09. The third kappa shape index (κ3) is 5.26. The number of rotatable bonds is 6. The first-order chi connectivity index (χ1) is 11.0. The summed E-state index contributed by atoms with van der Waals surface area (Å²) in [5.41, 5.74) is 1.11. The van der Waals surface area contributed by atoms with Crippen LogP contribution >= 0.6 is 11.3 Å². The van der Waals surface area contributed by atoms with Crippen molar-refractivity contribution in [3.8, 4) is 0 Å². The summed E-state index contributed by atoms with van der Waals surface area (Å²) >= 11 is 1.55. The quantitative estimate of drug-likeness (QED) is 0.755. The topological polar surface area (TPSA) is 74.2 Å². The minimum Gasteiger partial charge on any atom is -0.387 e. The second kappa shape index (κ2) is 7.98. The molecule has 2 rings (SSSR count). The molecule has 0 spiro atoms. The number of nitrogens with one attached hydrogen (secondary N) is 2. The SMILES string of the molecule is Cc1nc(CCNC(=O)NC[C@H](O)c2ccc(F)c(F)c2)cs1. The standard InChI is InChI=1S/C15H17F2N3O2S/c1-9-20-11(8-23-9)4-5-18-15(22)19-7-14(21)10-2-3-12(16)13(17)6-10/h2-3,6,8,14,21H,4-5,7H2,1H3,(H2,18,19,22)/t14-/m0/s1. The molecule has 0 aliphatic heterocycles. The molecule has 23 heavy (non-hydrogen) atoms. The zero-order chi connectivity index (χ0) is 16.8. The van der Waals surface area contributed by atoms with Crippen molar-refractivity contribution in [2.45, 2.75) is 19.4 Å². The summed E-state index contributed by atoms with van der Waals surface area (Å²) in [6.45, 7) is 2.22. The number of carbonyl (C=O) groups is 1. The number of thiazole rings is 1. The molecule has 0 aliphatic rings. The molecule has 0 saturated carbocycles. The molecular weight excluding hydrogens is 324 g/mol. The molecule has 8 heteroatoms. The predicted octanol–water partition coefficient (Wildman–Crippen LogP) is 2.31. The van der Waals surface area contributed by atoms with E-state index < -0.39 is 23.8 Å². The van der Waals surface area contributed by atoms with Gasteiger partial charge in [-0.3, -0.25) is 0 Å². The molecule has 124 valence electrons. The van der Waals surface area contributed by atoms with Crippen molar-refractivity contribution in [1.29, 1.82) is 0 Å². The Kier molecular flexibility index (Phi) is 6.00. The lowest BCUT2D eigenvalue weighted by Gasteiger charge is -2.13. The minimum atomic E-state index is -1.11. The van der Waals surface area contributed by atoms with Crippen LogP contribution in [0.25, 0.3) is 0 Å². The number of benzene rings is 1. The zero-order valence-electron chi connectivity index (χ0n) is 12.5. The van der Waals surface area contributed by atoms with Crippen LogP contribution in [0, 0.1) is 18.6 Å². The second-order valence-corrected chi connectivity index (χ2v) is 6.00. The normalized spacial score (nSPS) is 12.0. The van der Waals surface area contributed by atoms with E-state index in [1.165, 1.54) is 6.07 Å². The number of hydrogen-bond acceptors (Lipinski definition) is 4. The van der Waals surface area contributed by atoms with E-state index >= 15 is 0 Å². The van der Waals surface area contributed by atoms with Crippen LogP contribution in [0.4, 0.5) is 13.6 Å². The third-order valence-electron chi connectivity index (χ3n) is 3.12. The van der Waals surface area contributed by atoms with Crippen LogP contribution in [-0.4, -0.2) is 29.2 Å². The number of halogens is 2. The third-order valence-corrected chi connectivity index (χ3v) is 3.94. The van der Waals surface area contributed by atoms with Gasteiger partial charge in [0.1, 0.15) is 0 Å². The first-order valence-electron chi connectivity index (χ1n) is 7.01. The van der Waals surface area contributed by atoms with E-state index in [0.29, 0.717) is 13.0 Å². The lowest BCUT2D eigenvalue weighted by atomic mass is 10.1. The van der Waals surface area contributed by atoms with Gasteiger partial charge in [-0.05, 0) is 24.6 Å². The zero-order valence-corrected chi connectivity index (χ0v) is 13.3. The minimum absolute atomic E-state index is 0.104. The molecule has 3 N–H and O–H groups in total. The van der Waals surface area contributed by atoms with Gasteiger partial charge in [0.25, 0.3) is 0 Å². The van der Waals surface area contributed by atoms with Gasteiger partial charge in [0.05, 0.1) is 16.8 Å². The summed E-state index contributed by atoms with van der Waals surface area (Å²) in [6, 6.07) is 2.67. The fourth-order valence-corrected chi connectivity index (χ4v) is 2.56. The Morgan fingerprint density at radius 2 is 2.13 bits per heavy atom. The van der Waals surface area contributed by atoms with E-state index in [-0.39, 0.29) is 12.1 Å². The fourth-order valence-electron chi connectivity index (χ4n) is 1.92. The highest BCUT2D eigenvalue weighted by Crippen LogP contribution is 2.15. The summed E-state index contributed by atoms with van der Waals surface area (Å²) in [7, 11) is 0. The smallest absolute Gasteiger partial charge is 0.314 e. The van der Waals surface area contributed by atoms with E-state index in [9.17, 15) is 18.7 Å². The van der Waals surface area contributed by atoms with Gasteiger partial charge in [0.2, 0.25) is 0 Å². The van der Waals surface area contributed by atoms with Gasteiger partial charge in [-0.2, -0.15) is 0 Å². The van der Waals surface area contributed by atoms with Crippen molar-refractivity contribution >= 4 is 17.4 Å². The summed E-state index contributed by atoms with van der Waals surface area (Å²) in [5.74, 6) is -2.02. The number of aryl methyl sites for hydroxylation is 1. The van der Waals surface area contributed by atoms with Crippen molar-refractivity contribution in [3.05, 3.63) is 51.5 Å². The first kappa shape index (κ1) is 17.3. The van der Waals surface area contributed by atoms with E-state index in [2.05, 4.69) is 15.6 Å². The Morgan fingerprint density at radius 3 is 2.78 bits per heavy atom. The molecule has 1 atom stereocenters. The summed E-state index contributed by atoms with van der Waals surface area (Å²) in [4.78, 5) is 15.9. The lowest BCUT2D eigenvalue weighted by molar-refractivity contribution is 0.172. The van der Waals surface area contributed by atoms with Crippen LogP contribution in [0.5, 0.6) is 0 Å². The molecule has 1 aromatic carbocycles. The van der Waals surface area contributed by atoms with Crippen molar-refractivity contribution in [2.24, 2.45) is 0 Å². The van der Waals surface area contributed by atoms with Crippen LogP contribution < -0.4 is 10.6 Å². The Hall–Kier alpha value is -2.06. The molecule has 2 aromatic rings. The lowest BCUT2D eigenvalue weighted by Crippen LogP contribution is -2.38. The number of hydrogen-bond donors (Lipinski definition) is 3. The summed E-state index contributed by atoms with van der Waals surface area (Å²) in [5, 5.41) is 17.9. The van der Waals surface area contributed by atoms with Gasteiger partial charge in [-0.1, -0.05) is 6.07 Å². The predicted molar refractivity (Wildman–Crippen MR) is 83.3 cm³/mol. The van der Waals surface area contributed by atoms with Crippen LogP contribution in [0.2, 0.25) is 0 Å². The number of nitrogens with zero attached hydrogens (tertiary/aromatic N) is 1. The van der Waals surface area contributed by atoms with E-state index in [0.717, 1.165) is 22.8 Å². The highest BCUT2D eigenvalue weighted by Gasteiger charge is 2.12. The molecule has 1 heterocycles. The van der Waals surface area contributed by atoms with Gasteiger partial charge in [-0.15, -0.1) is 11.3 Å². The summed E-state index contributed by atoms with van der Waals surface area (Å²) < 4.78 is 25.9. The van der Waals surface area contributed by atoms with Crippen molar-refractivity contribution in [1.82, 2.24) is 15.6 Å². The number of aliphatic hydroxyl groups is 1. The Bertz CT molecular complexity index is 678. The Morgan fingerprint density at radius 1 is 1.35 bits per heavy atom. The van der Waals surface area contributed by atoms with Crippen LogP contribution in [-0.2, 0) is 6.42 Å². The molecule has 0 unspecified atom stereocenters. The molecule has 0 fully saturated rings. The van der Waals surface area contributed by atoms with Crippen molar-refractivity contribution in [2.75, 3.05) is 13.1 Å². The fraction of sp³-hybridized carbons (Fsp3) is 0.333. The van der Waals surface area contributed by atoms with E-state index in [1.54, 1.807) is 11.3 Å². The maximum Gasteiger partial charge on any atom is 0.314 e. The number of aliphatic hydroxyl groups excluding tert-OH is 1. The molecule has 0 bridgehead atoms. The Labute approximate surface area is 136 Å². The molecule has 0 radical (unpaired) electrons. The Balaban J connectivity index is 1.71. The molecule has 0 saturated heterocycles. The average Bonchev–Trinajstić information content (AvgIpc) is 2.93. The second-order valence-electron chi connectivity index (χ2n) is 4.93. The van der Waals surface area contributed by atoms with Gasteiger partial charge in [-0.25, -0.2) is 18.6 Å². The van der Waals surface area contributed by atoms with E-state index in [1.807, 2.05) is 12.3 Å². The molecule has 0 aliphatic carbocycles. The maximum absolute atomic E-state index is 13.1. The number of carbonyl (C=O) groups excluding carboxylic acids is 1. The molecule has 1 aromatic heterocycles. The van der Waals surface area contributed by atoms with Crippen LogP contribution in [0.1, 0.15) is 22.4 Å². The largest absolute Gasteiger partial charge is 0.387 e. The van der Waals surface area contributed by atoms with E-state index in [4.69, 9.17) is 0 Å². The average molecular weight is 341 g/mol.